The number of anilines is 2. The number of hydrogen-bond acceptors (Lipinski definition) is 3. The minimum absolute atomic E-state index is 0.858. The maximum absolute atomic E-state index is 5.03. The predicted octanol–water partition coefficient (Wildman–Crippen LogP) is 2.52. The zero-order valence-electron chi connectivity index (χ0n) is 10.8. The maximum atomic E-state index is 5.03. The summed E-state index contributed by atoms with van der Waals surface area (Å²) in [5, 5.41) is 3.47. The van der Waals surface area contributed by atoms with E-state index in [2.05, 4.69) is 35.5 Å². The summed E-state index contributed by atoms with van der Waals surface area (Å²) in [4.78, 5) is 2.32. The van der Waals surface area contributed by atoms with E-state index in [1.807, 2.05) is 0 Å². The third-order valence-electron chi connectivity index (χ3n) is 3.31. The van der Waals surface area contributed by atoms with Gasteiger partial charge in [-0.25, -0.2) is 0 Å². The van der Waals surface area contributed by atoms with Crippen LogP contribution in [0, 0.1) is 0 Å². The Hall–Kier alpha value is -1.22. The van der Waals surface area contributed by atoms with Crippen LogP contribution in [0.2, 0.25) is 0 Å². The highest BCUT2D eigenvalue weighted by Gasteiger charge is 2.15. The quantitative estimate of drug-likeness (QED) is 0.765. The van der Waals surface area contributed by atoms with Gasteiger partial charge >= 0.3 is 0 Å². The smallest absolute Gasteiger partial charge is 0.0462 e. The van der Waals surface area contributed by atoms with Crippen molar-refractivity contribution in [3.63, 3.8) is 0 Å². The zero-order valence-corrected chi connectivity index (χ0v) is 10.8. The van der Waals surface area contributed by atoms with E-state index in [1.165, 1.54) is 23.4 Å². The lowest BCUT2D eigenvalue weighted by atomic mass is 10.1. The molecule has 0 radical (unpaired) electrons. The number of ether oxygens (including phenoxy) is 1. The lowest BCUT2D eigenvalue weighted by Gasteiger charge is -2.13. The normalized spacial score (nSPS) is 13.9. The molecule has 1 aliphatic heterocycles. The standard InChI is InChI=1S/C14H22N2O/c1-16-9-7-12-11-13(5-6-14(12)16)15-8-3-4-10-17-2/h5-6,11,15H,3-4,7-10H2,1-2H3. The summed E-state index contributed by atoms with van der Waals surface area (Å²) in [5.74, 6) is 0. The van der Waals surface area contributed by atoms with E-state index in [0.717, 1.165) is 32.5 Å². The van der Waals surface area contributed by atoms with Gasteiger partial charge in [-0.3, -0.25) is 0 Å². The van der Waals surface area contributed by atoms with E-state index in [9.17, 15) is 0 Å². The fraction of sp³-hybridized carbons (Fsp3) is 0.571. The average molecular weight is 234 g/mol. The van der Waals surface area contributed by atoms with Gasteiger partial charge in [-0.05, 0) is 43.0 Å². The van der Waals surface area contributed by atoms with Crippen LogP contribution >= 0.6 is 0 Å². The average Bonchev–Trinajstić information content (AvgIpc) is 2.71. The number of nitrogens with one attached hydrogen (secondary N) is 1. The van der Waals surface area contributed by atoms with E-state index >= 15 is 0 Å². The molecular weight excluding hydrogens is 212 g/mol. The van der Waals surface area contributed by atoms with Crippen molar-refractivity contribution >= 4 is 11.4 Å². The topological polar surface area (TPSA) is 24.5 Å². The van der Waals surface area contributed by atoms with E-state index in [4.69, 9.17) is 4.74 Å². The molecule has 0 fully saturated rings. The van der Waals surface area contributed by atoms with Gasteiger partial charge in [-0.1, -0.05) is 0 Å². The minimum Gasteiger partial charge on any atom is -0.385 e. The van der Waals surface area contributed by atoms with Crippen LogP contribution in [0.15, 0.2) is 18.2 Å². The van der Waals surface area contributed by atoms with Crippen LogP contribution in [0.25, 0.3) is 0 Å². The van der Waals surface area contributed by atoms with Gasteiger partial charge in [0.05, 0.1) is 0 Å². The largest absolute Gasteiger partial charge is 0.385 e. The van der Waals surface area contributed by atoms with Gasteiger partial charge in [0.15, 0.2) is 0 Å². The van der Waals surface area contributed by atoms with Crippen LogP contribution in [0.3, 0.4) is 0 Å². The summed E-state index contributed by atoms with van der Waals surface area (Å²) < 4.78 is 5.03. The summed E-state index contributed by atoms with van der Waals surface area (Å²) in [6.07, 6.45) is 3.45. The second kappa shape index (κ2) is 5.92. The van der Waals surface area contributed by atoms with Crippen LogP contribution in [0.4, 0.5) is 11.4 Å². The Morgan fingerprint density at radius 2 is 2.24 bits per heavy atom. The molecule has 94 valence electrons. The van der Waals surface area contributed by atoms with Gasteiger partial charge < -0.3 is 15.0 Å². The van der Waals surface area contributed by atoms with Gasteiger partial charge in [-0.2, -0.15) is 0 Å². The second-order valence-electron chi connectivity index (χ2n) is 4.64. The first-order valence-electron chi connectivity index (χ1n) is 6.38. The Morgan fingerprint density at radius 1 is 1.35 bits per heavy atom. The monoisotopic (exact) mass is 234 g/mol. The molecule has 3 heteroatoms. The molecule has 0 atom stereocenters. The molecule has 1 heterocycles. The number of rotatable bonds is 6. The van der Waals surface area contributed by atoms with Crippen molar-refractivity contribution in [1.82, 2.24) is 0 Å². The summed E-state index contributed by atoms with van der Waals surface area (Å²) in [7, 11) is 3.91. The first kappa shape index (κ1) is 12.2. The molecule has 3 nitrogen and oxygen atoms in total. The van der Waals surface area contributed by atoms with Crippen LogP contribution < -0.4 is 10.2 Å². The van der Waals surface area contributed by atoms with Gasteiger partial charge in [0.2, 0.25) is 0 Å². The van der Waals surface area contributed by atoms with Crippen molar-refractivity contribution in [1.29, 1.82) is 0 Å². The number of methoxy groups -OCH3 is 1. The number of likely N-dealkylation sites (N-methyl/N-ethyl adjacent to an activating group) is 1. The Morgan fingerprint density at radius 3 is 3.06 bits per heavy atom. The zero-order chi connectivity index (χ0) is 12.1. The minimum atomic E-state index is 0.858. The number of nitrogens with zero attached hydrogens (tertiary/aromatic N) is 1. The van der Waals surface area contributed by atoms with Crippen molar-refractivity contribution in [3.8, 4) is 0 Å². The molecule has 17 heavy (non-hydrogen) atoms. The summed E-state index contributed by atoms with van der Waals surface area (Å²) in [6.45, 7) is 3.03. The molecule has 0 bridgehead atoms. The van der Waals surface area contributed by atoms with Crippen molar-refractivity contribution in [2.75, 3.05) is 44.1 Å². The van der Waals surface area contributed by atoms with Gasteiger partial charge in [0.1, 0.15) is 0 Å². The van der Waals surface area contributed by atoms with Crippen LogP contribution in [-0.2, 0) is 11.2 Å². The third kappa shape index (κ3) is 3.13. The Labute approximate surface area is 104 Å². The van der Waals surface area contributed by atoms with Gasteiger partial charge in [0.25, 0.3) is 0 Å². The van der Waals surface area contributed by atoms with E-state index in [0.29, 0.717) is 0 Å². The van der Waals surface area contributed by atoms with E-state index < -0.39 is 0 Å². The van der Waals surface area contributed by atoms with Gasteiger partial charge in [-0.15, -0.1) is 0 Å². The first-order valence-corrected chi connectivity index (χ1v) is 6.38. The van der Waals surface area contributed by atoms with Gasteiger partial charge in [0, 0.05) is 45.2 Å². The second-order valence-corrected chi connectivity index (χ2v) is 4.64. The molecule has 1 aromatic carbocycles. The van der Waals surface area contributed by atoms with Crippen molar-refractivity contribution in [3.05, 3.63) is 23.8 Å². The Kier molecular flexibility index (Phi) is 4.26. The summed E-state index contributed by atoms with van der Waals surface area (Å²) in [6, 6.07) is 6.69. The molecule has 0 amide bonds. The number of unbranched alkanes of at least 4 members (excludes halogenated alkanes) is 1. The molecular formula is C14H22N2O. The Balaban J connectivity index is 1.82. The SMILES string of the molecule is COCCCCNc1ccc2c(c1)CCN2C. The molecule has 2 rings (SSSR count). The van der Waals surface area contributed by atoms with Crippen molar-refractivity contribution < 1.29 is 4.74 Å². The molecule has 0 unspecified atom stereocenters. The van der Waals surface area contributed by atoms with Crippen molar-refractivity contribution in [2.45, 2.75) is 19.3 Å². The summed E-state index contributed by atoms with van der Waals surface area (Å²) in [5.41, 5.74) is 4.10. The highest BCUT2D eigenvalue weighted by Crippen LogP contribution is 2.28. The fourth-order valence-corrected chi connectivity index (χ4v) is 2.28. The van der Waals surface area contributed by atoms with Crippen LogP contribution in [0.1, 0.15) is 18.4 Å². The molecule has 0 aliphatic carbocycles. The molecule has 1 aliphatic rings. The Bertz CT molecular complexity index is 365. The molecule has 0 saturated carbocycles. The maximum Gasteiger partial charge on any atom is 0.0462 e. The molecule has 0 saturated heterocycles. The molecule has 0 spiro atoms. The lowest BCUT2D eigenvalue weighted by Crippen LogP contribution is -2.12. The predicted molar refractivity (Wildman–Crippen MR) is 73.0 cm³/mol. The molecule has 0 aromatic heterocycles. The summed E-state index contributed by atoms with van der Waals surface area (Å²) >= 11 is 0. The highest BCUT2D eigenvalue weighted by atomic mass is 16.5. The lowest BCUT2D eigenvalue weighted by molar-refractivity contribution is 0.194. The van der Waals surface area contributed by atoms with E-state index in [-0.39, 0.29) is 0 Å². The molecule has 1 aromatic rings. The van der Waals surface area contributed by atoms with Crippen LogP contribution in [0.5, 0.6) is 0 Å². The van der Waals surface area contributed by atoms with Crippen LogP contribution in [-0.4, -0.2) is 33.9 Å². The first-order chi connectivity index (χ1) is 8.31. The van der Waals surface area contributed by atoms with Crippen molar-refractivity contribution in [2.24, 2.45) is 0 Å². The highest BCUT2D eigenvalue weighted by molar-refractivity contribution is 5.63. The number of hydrogen-bond donors (Lipinski definition) is 1. The molecule has 1 N–H and O–H groups in total. The fourth-order valence-electron chi connectivity index (χ4n) is 2.28. The number of benzene rings is 1. The van der Waals surface area contributed by atoms with E-state index in [1.54, 1.807) is 7.11 Å². The number of fused-ring (bicyclic) bond motifs is 1. The third-order valence-corrected chi connectivity index (χ3v) is 3.31.